The molecule has 1 aliphatic heterocycles. The first-order valence-corrected chi connectivity index (χ1v) is 8.88. The van der Waals surface area contributed by atoms with Crippen LogP contribution in [0.2, 0.25) is 0 Å². The van der Waals surface area contributed by atoms with Crippen LogP contribution in [0.5, 0.6) is 5.75 Å². The van der Waals surface area contributed by atoms with Crippen molar-refractivity contribution in [3.05, 3.63) is 48.5 Å². The number of hydrogen-bond acceptors (Lipinski definition) is 5. The lowest BCUT2D eigenvalue weighted by Crippen LogP contribution is -2.48. The van der Waals surface area contributed by atoms with Crippen molar-refractivity contribution in [2.45, 2.75) is 18.6 Å². The zero-order valence-electron chi connectivity index (χ0n) is 15.3. The fourth-order valence-electron chi connectivity index (χ4n) is 3.18. The van der Waals surface area contributed by atoms with Gasteiger partial charge in [0.25, 0.3) is 0 Å². The van der Waals surface area contributed by atoms with Crippen molar-refractivity contribution >= 4 is 5.91 Å². The molecule has 0 spiro atoms. The predicted molar refractivity (Wildman–Crippen MR) is 97.9 cm³/mol. The van der Waals surface area contributed by atoms with Gasteiger partial charge < -0.3 is 19.4 Å². The maximum Gasteiger partial charge on any atom is 0.223 e. The minimum absolute atomic E-state index is 0.0403. The van der Waals surface area contributed by atoms with Gasteiger partial charge in [0.15, 0.2) is 0 Å². The number of hydrogen-bond donors (Lipinski definition) is 1. The first-order chi connectivity index (χ1) is 12.6. The van der Waals surface area contributed by atoms with Crippen LogP contribution in [0.4, 0.5) is 0 Å². The van der Waals surface area contributed by atoms with Gasteiger partial charge in [-0.1, -0.05) is 18.2 Å². The zero-order valence-corrected chi connectivity index (χ0v) is 15.3. The smallest absolute Gasteiger partial charge is 0.223 e. The molecule has 7 nitrogen and oxygen atoms in total. The van der Waals surface area contributed by atoms with Crippen molar-refractivity contribution in [1.82, 2.24) is 19.8 Å². The number of morpholine rings is 1. The summed E-state index contributed by atoms with van der Waals surface area (Å²) in [6, 6.07) is 9.57. The van der Waals surface area contributed by atoms with Gasteiger partial charge in [0.2, 0.25) is 5.91 Å². The van der Waals surface area contributed by atoms with Gasteiger partial charge in [-0.15, -0.1) is 0 Å². The van der Waals surface area contributed by atoms with Gasteiger partial charge in [-0.05, 0) is 19.2 Å². The van der Waals surface area contributed by atoms with E-state index in [-0.39, 0.29) is 18.1 Å². The molecule has 3 rings (SSSR count). The number of ether oxygens (including phenoxy) is 2. The van der Waals surface area contributed by atoms with E-state index < -0.39 is 0 Å². The van der Waals surface area contributed by atoms with E-state index in [0.717, 1.165) is 18.0 Å². The Balaban J connectivity index is 1.49. The van der Waals surface area contributed by atoms with E-state index in [9.17, 15) is 4.79 Å². The summed E-state index contributed by atoms with van der Waals surface area (Å²) in [5.41, 5.74) is 1.08. The summed E-state index contributed by atoms with van der Waals surface area (Å²) in [5.74, 6) is 0.732. The van der Waals surface area contributed by atoms with E-state index in [0.29, 0.717) is 26.2 Å². The second-order valence-electron chi connectivity index (χ2n) is 6.48. The van der Waals surface area contributed by atoms with Crippen molar-refractivity contribution in [3.8, 4) is 5.75 Å². The molecule has 1 aromatic carbocycles. The second-order valence-corrected chi connectivity index (χ2v) is 6.48. The van der Waals surface area contributed by atoms with E-state index in [1.807, 2.05) is 48.1 Å². The Kier molecular flexibility index (Phi) is 6.25. The molecule has 0 bridgehead atoms. The van der Waals surface area contributed by atoms with Gasteiger partial charge >= 0.3 is 0 Å². The molecule has 0 unspecified atom stereocenters. The highest BCUT2D eigenvalue weighted by molar-refractivity contribution is 5.76. The van der Waals surface area contributed by atoms with Crippen LogP contribution in [0.3, 0.4) is 0 Å². The molecule has 140 valence electrons. The van der Waals surface area contributed by atoms with Crippen LogP contribution in [0.25, 0.3) is 0 Å². The van der Waals surface area contributed by atoms with Gasteiger partial charge in [0.05, 0.1) is 43.8 Å². The summed E-state index contributed by atoms with van der Waals surface area (Å²) in [7, 11) is 4.05. The Labute approximate surface area is 153 Å². The monoisotopic (exact) mass is 358 g/mol. The molecular weight excluding hydrogens is 332 g/mol. The number of rotatable bonds is 7. The fraction of sp³-hybridized carbons (Fsp3) is 0.474. The molecule has 0 radical (unpaired) electrons. The normalized spacial score (nSPS) is 20.7. The number of imidazole rings is 1. The molecule has 26 heavy (non-hydrogen) atoms. The van der Waals surface area contributed by atoms with Crippen molar-refractivity contribution < 1.29 is 14.3 Å². The Bertz CT molecular complexity index is 704. The lowest BCUT2D eigenvalue weighted by molar-refractivity contribution is -0.123. The van der Waals surface area contributed by atoms with Crippen LogP contribution >= 0.6 is 0 Å². The van der Waals surface area contributed by atoms with Crippen LogP contribution in [-0.4, -0.2) is 59.8 Å². The lowest BCUT2D eigenvalue weighted by Gasteiger charge is -2.39. The number of carbonyl (C=O) groups is 1. The molecule has 7 heteroatoms. The second kappa shape index (κ2) is 8.82. The molecule has 1 aromatic heterocycles. The van der Waals surface area contributed by atoms with E-state index in [2.05, 4.69) is 22.2 Å². The van der Waals surface area contributed by atoms with Crippen molar-refractivity contribution in [2.75, 3.05) is 33.4 Å². The van der Waals surface area contributed by atoms with Crippen LogP contribution in [0.1, 0.15) is 18.2 Å². The van der Waals surface area contributed by atoms with Crippen molar-refractivity contribution in [3.63, 3.8) is 0 Å². The highest BCUT2D eigenvalue weighted by Gasteiger charge is 2.33. The third-order valence-electron chi connectivity index (χ3n) is 4.60. The fourth-order valence-corrected chi connectivity index (χ4v) is 3.18. The van der Waals surface area contributed by atoms with Gasteiger partial charge in [0, 0.05) is 26.3 Å². The molecule has 0 aliphatic carbocycles. The molecule has 1 amide bonds. The van der Waals surface area contributed by atoms with Gasteiger partial charge in [0.1, 0.15) is 5.75 Å². The number of carbonyl (C=O) groups excluding carboxylic acids is 1. The number of aryl methyl sites for hydroxylation is 1. The predicted octanol–water partition coefficient (Wildman–Crippen LogP) is 1.38. The summed E-state index contributed by atoms with van der Waals surface area (Å²) in [6.45, 7) is 2.32. The number of likely N-dealkylation sites (N-methyl/N-ethyl adjacent to an activating group) is 1. The summed E-state index contributed by atoms with van der Waals surface area (Å²) in [5, 5.41) is 2.97. The van der Waals surface area contributed by atoms with Crippen LogP contribution in [0, 0.1) is 0 Å². The third-order valence-corrected chi connectivity index (χ3v) is 4.60. The number of nitrogens with one attached hydrogen (secondary N) is 1. The maximum absolute atomic E-state index is 12.1. The Morgan fingerprint density at radius 1 is 1.35 bits per heavy atom. The van der Waals surface area contributed by atoms with Gasteiger partial charge in [-0.2, -0.15) is 0 Å². The standard InChI is InChI=1S/C19H26N4O3/c1-22-9-11-26-17(19(22)16-12-20-14-23(16)2)13-21-18(24)8-10-25-15-6-4-3-5-7-15/h3-7,12,14,17,19H,8-11,13H2,1-2H3,(H,21,24)/t17-,19-/m0/s1. The third kappa shape index (κ3) is 4.62. The number of nitrogens with zero attached hydrogens (tertiary/aromatic N) is 3. The van der Waals surface area contributed by atoms with E-state index in [1.165, 1.54) is 0 Å². The number of benzene rings is 1. The molecule has 1 saturated heterocycles. The highest BCUT2D eigenvalue weighted by atomic mass is 16.5. The molecule has 2 atom stereocenters. The van der Waals surface area contributed by atoms with Gasteiger partial charge in [-0.3, -0.25) is 9.69 Å². The first-order valence-electron chi connectivity index (χ1n) is 8.88. The molecule has 1 N–H and O–H groups in total. The Morgan fingerprint density at radius 2 is 2.15 bits per heavy atom. The largest absolute Gasteiger partial charge is 0.493 e. The molecule has 2 heterocycles. The first kappa shape index (κ1) is 18.4. The highest BCUT2D eigenvalue weighted by Crippen LogP contribution is 2.27. The van der Waals surface area contributed by atoms with E-state index in [4.69, 9.17) is 9.47 Å². The van der Waals surface area contributed by atoms with Crippen LogP contribution in [0.15, 0.2) is 42.9 Å². The molecule has 1 fully saturated rings. The van der Waals surface area contributed by atoms with E-state index in [1.54, 1.807) is 6.33 Å². The van der Waals surface area contributed by atoms with Crippen LogP contribution < -0.4 is 10.1 Å². The average Bonchev–Trinajstić information content (AvgIpc) is 3.06. The number of amides is 1. The Morgan fingerprint density at radius 3 is 2.88 bits per heavy atom. The topological polar surface area (TPSA) is 68.6 Å². The minimum Gasteiger partial charge on any atom is -0.493 e. The zero-order chi connectivity index (χ0) is 18.4. The SMILES string of the molecule is CN1CCO[C@@H](CNC(=O)CCOc2ccccc2)[C@@H]1c1cncn1C. The summed E-state index contributed by atoms with van der Waals surface area (Å²) >= 11 is 0. The summed E-state index contributed by atoms with van der Waals surface area (Å²) < 4.78 is 13.5. The van der Waals surface area contributed by atoms with Crippen molar-refractivity contribution in [1.29, 1.82) is 0 Å². The summed E-state index contributed by atoms with van der Waals surface area (Å²) in [6.07, 6.45) is 3.85. The van der Waals surface area contributed by atoms with Crippen LogP contribution in [-0.2, 0) is 16.6 Å². The summed E-state index contributed by atoms with van der Waals surface area (Å²) in [4.78, 5) is 18.6. The average molecular weight is 358 g/mol. The number of aromatic nitrogens is 2. The molecular formula is C19H26N4O3. The lowest BCUT2D eigenvalue weighted by atomic mass is 10.0. The number of para-hydroxylation sites is 1. The molecule has 2 aromatic rings. The Hall–Kier alpha value is -2.38. The molecule has 0 saturated carbocycles. The quantitative estimate of drug-likeness (QED) is 0.810. The van der Waals surface area contributed by atoms with Gasteiger partial charge in [-0.25, -0.2) is 4.98 Å². The maximum atomic E-state index is 12.1. The van der Waals surface area contributed by atoms with E-state index >= 15 is 0 Å². The van der Waals surface area contributed by atoms with Crippen molar-refractivity contribution in [2.24, 2.45) is 7.05 Å². The minimum atomic E-state index is -0.108. The molecule has 1 aliphatic rings.